The topological polar surface area (TPSA) is 68.7 Å². The Balaban J connectivity index is 1.51. The van der Waals surface area contributed by atoms with Crippen molar-refractivity contribution in [3.63, 3.8) is 0 Å². The van der Waals surface area contributed by atoms with Crippen molar-refractivity contribution in [1.82, 2.24) is 20.2 Å². The molecular formula is C18H24F3N7S. The van der Waals surface area contributed by atoms with Gasteiger partial charge in [-0.05, 0) is 30.5 Å². The Morgan fingerprint density at radius 2 is 2.03 bits per heavy atom. The number of rotatable bonds is 6. The molecule has 0 aromatic carbocycles. The Hall–Kier alpha value is -2.56. The molecule has 0 radical (unpaired) electrons. The van der Waals surface area contributed by atoms with Gasteiger partial charge < -0.3 is 20.4 Å². The second-order valence-corrected chi connectivity index (χ2v) is 7.28. The van der Waals surface area contributed by atoms with Gasteiger partial charge in [-0.25, -0.2) is 9.97 Å². The molecule has 29 heavy (non-hydrogen) atoms. The third-order valence-corrected chi connectivity index (χ3v) is 5.26. The second-order valence-electron chi connectivity index (χ2n) is 6.35. The van der Waals surface area contributed by atoms with Crippen LogP contribution in [0.2, 0.25) is 0 Å². The van der Waals surface area contributed by atoms with E-state index in [1.807, 2.05) is 6.92 Å². The quantitative estimate of drug-likeness (QED) is 0.420. The summed E-state index contributed by atoms with van der Waals surface area (Å²) in [6.07, 6.45) is -3.39. The van der Waals surface area contributed by atoms with Gasteiger partial charge in [0.15, 0.2) is 5.96 Å². The maximum absolute atomic E-state index is 12.7. The van der Waals surface area contributed by atoms with Crippen LogP contribution in [0, 0.1) is 0 Å². The minimum Gasteiger partial charge on any atom is -0.360 e. The molecule has 0 unspecified atom stereocenters. The average Bonchev–Trinajstić information content (AvgIpc) is 3.25. The molecule has 0 spiro atoms. The normalized spacial score (nSPS) is 15.5. The highest BCUT2D eigenvalue weighted by Gasteiger charge is 2.32. The zero-order chi connectivity index (χ0) is 20.7. The first-order valence-electron chi connectivity index (χ1n) is 9.43. The lowest BCUT2D eigenvalue weighted by molar-refractivity contribution is -0.141. The minimum atomic E-state index is -4.49. The van der Waals surface area contributed by atoms with Gasteiger partial charge in [-0.2, -0.15) is 13.2 Å². The molecule has 158 valence electrons. The summed E-state index contributed by atoms with van der Waals surface area (Å²) in [5.74, 6) is 0.759. The van der Waals surface area contributed by atoms with Crippen LogP contribution in [0.3, 0.4) is 0 Å². The number of alkyl halides is 3. The van der Waals surface area contributed by atoms with E-state index in [1.54, 1.807) is 11.3 Å². The Labute approximate surface area is 171 Å². The molecule has 3 heterocycles. The molecule has 0 bridgehead atoms. The maximum Gasteiger partial charge on any atom is 0.433 e. The van der Waals surface area contributed by atoms with Crippen molar-refractivity contribution in [1.29, 1.82) is 0 Å². The van der Waals surface area contributed by atoms with E-state index >= 15 is 0 Å². The van der Waals surface area contributed by atoms with Crippen LogP contribution in [0.5, 0.6) is 0 Å². The zero-order valence-corrected chi connectivity index (χ0v) is 16.9. The van der Waals surface area contributed by atoms with Crippen LogP contribution in [0.4, 0.5) is 24.1 Å². The Morgan fingerprint density at radius 1 is 1.24 bits per heavy atom. The van der Waals surface area contributed by atoms with E-state index in [-0.39, 0.29) is 5.95 Å². The van der Waals surface area contributed by atoms with Crippen LogP contribution in [0.15, 0.2) is 34.8 Å². The highest BCUT2D eigenvalue weighted by atomic mass is 32.1. The van der Waals surface area contributed by atoms with Crippen molar-refractivity contribution in [3.05, 3.63) is 35.5 Å². The van der Waals surface area contributed by atoms with Gasteiger partial charge in [0, 0.05) is 45.5 Å². The van der Waals surface area contributed by atoms with Crippen molar-refractivity contribution in [2.24, 2.45) is 4.99 Å². The van der Waals surface area contributed by atoms with E-state index in [4.69, 9.17) is 0 Å². The summed E-state index contributed by atoms with van der Waals surface area (Å²) in [6, 6.07) is 5.03. The van der Waals surface area contributed by atoms with Gasteiger partial charge in [0.1, 0.15) is 5.69 Å². The number of hydrogen-bond acceptors (Lipinski definition) is 6. The third kappa shape index (κ3) is 5.96. The molecule has 2 aromatic heterocycles. The first-order chi connectivity index (χ1) is 14.0. The monoisotopic (exact) mass is 427 g/mol. The Kier molecular flexibility index (Phi) is 7.13. The minimum absolute atomic E-state index is 0.0513. The van der Waals surface area contributed by atoms with Gasteiger partial charge in [-0.3, -0.25) is 4.99 Å². The molecule has 1 aliphatic rings. The van der Waals surface area contributed by atoms with Crippen molar-refractivity contribution in [2.75, 3.05) is 56.0 Å². The predicted molar refractivity (Wildman–Crippen MR) is 110 cm³/mol. The number of nitrogens with zero attached hydrogens (tertiary/aromatic N) is 5. The van der Waals surface area contributed by atoms with Crippen LogP contribution in [0.25, 0.3) is 0 Å². The lowest BCUT2D eigenvalue weighted by Crippen LogP contribution is -2.52. The second kappa shape index (κ2) is 9.77. The van der Waals surface area contributed by atoms with E-state index in [9.17, 15) is 13.2 Å². The average molecular weight is 428 g/mol. The summed E-state index contributed by atoms with van der Waals surface area (Å²) in [4.78, 5) is 16.5. The fraction of sp³-hybridized carbons (Fsp3) is 0.500. The molecular weight excluding hydrogens is 403 g/mol. The summed E-state index contributed by atoms with van der Waals surface area (Å²) in [7, 11) is 0. The molecule has 11 heteroatoms. The van der Waals surface area contributed by atoms with Gasteiger partial charge in [-0.15, -0.1) is 11.3 Å². The molecule has 0 amide bonds. The molecule has 2 N–H and O–H groups in total. The standard InChI is InChI=1S/C18H24F3N7S/c1-2-22-17(28-11-9-27(10-12-28)15-4-3-13-29-15)25-8-7-24-16-23-6-5-14(26-16)18(19,20)21/h3-6,13H,2,7-12H2,1H3,(H,22,25)(H,23,24,26). The molecule has 7 nitrogen and oxygen atoms in total. The first kappa shape index (κ1) is 21.2. The van der Waals surface area contributed by atoms with Crippen LogP contribution < -0.4 is 15.5 Å². The number of halogens is 3. The Morgan fingerprint density at radius 3 is 2.69 bits per heavy atom. The molecule has 2 aromatic rings. The number of piperazine rings is 1. The van der Waals surface area contributed by atoms with E-state index in [0.717, 1.165) is 50.9 Å². The van der Waals surface area contributed by atoms with Crippen LogP contribution in [-0.2, 0) is 6.18 Å². The number of hydrogen-bond donors (Lipinski definition) is 2. The first-order valence-corrected chi connectivity index (χ1v) is 10.3. The van der Waals surface area contributed by atoms with Crippen molar-refractivity contribution in [3.8, 4) is 0 Å². The fourth-order valence-corrected chi connectivity index (χ4v) is 3.73. The van der Waals surface area contributed by atoms with Gasteiger partial charge in [0.25, 0.3) is 0 Å². The number of aliphatic imine (C=N–C) groups is 1. The molecule has 0 saturated carbocycles. The molecule has 0 aliphatic carbocycles. The molecule has 3 rings (SSSR count). The molecule has 1 saturated heterocycles. The largest absolute Gasteiger partial charge is 0.433 e. The number of anilines is 2. The van der Waals surface area contributed by atoms with Gasteiger partial charge >= 0.3 is 6.18 Å². The van der Waals surface area contributed by atoms with Crippen LogP contribution >= 0.6 is 11.3 Å². The lowest BCUT2D eigenvalue weighted by Gasteiger charge is -2.37. The summed E-state index contributed by atoms with van der Waals surface area (Å²) < 4.78 is 38.1. The smallest absolute Gasteiger partial charge is 0.360 e. The number of thiophene rings is 1. The van der Waals surface area contributed by atoms with Crippen molar-refractivity contribution >= 4 is 28.2 Å². The number of nitrogens with one attached hydrogen (secondary N) is 2. The number of aromatic nitrogens is 2. The third-order valence-electron chi connectivity index (χ3n) is 4.33. The molecule has 1 fully saturated rings. The van der Waals surface area contributed by atoms with Crippen molar-refractivity contribution < 1.29 is 13.2 Å². The van der Waals surface area contributed by atoms with E-state index in [0.29, 0.717) is 13.1 Å². The SMILES string of the molecule is CCNC(=NCCNc1nccc(C(F)(F)F)n1)N1CCN(c2cccs2)CC1. The number of guanidine groups is 1. The van der Waals surface area contributed by atoms with E-state index < -0.39 is 11.9 Å². The van der Waals surface area contributed by atoms with Gasteiger partial charge in [-0.1, -0.05) is 0 Å². The van der Waals surface area contributed by atoms with E-state index in [2.05, 4.69) is 52.9 Å². The van der Waals surface area contributed by atoms with Gasteiger partial charge in [0.2, 0.25) is 5.95 Å². The summed E-state index contributed by atoms with van der Waals surface area (Å²) >= 11 is 1.74. The lowest BCUT2D eigenvalue weighted by atomic mass is 10.3. The molecule has 1 aliphatic heterocycles. The zero-order valence-electron chi connectivity index (χ0n) is 16.1. The molecule has 0 atom stereocenters. The van der Waals surface area contributed by atoms with Gasteiger partial charge in [0.05, 0.1) is 11.5 Å². The predicted octanol–water partition coefficient (Wildman–Crippen LogP) is 2.76. The highest BCUT2D eigenvalue weighted by Crippen LogP contribution is 2.27. The van der Waals surface area contributed by atoms with Crippen LogP contribution in [0.1, 0.15) is 12.6 Å². The summed E-state index contributed by atoms with van der Waals surface area (Å²) in [5, 5.41) is 9.44. The Bertz CT molecular complexity index is 787. The van der Waals surface area contributed by atoms with Crippen LogP contribution in [-0.4, -0.2) is 66.6 Å². The maximum atomic E-state index is 12.7. The van der Waals surface area contributed by atoms with Crippen molar-refractivity contribution in [2.45, 2.75) is 13.1 Å². The summed E-state index contributed by atoms with van der Waals surface area (Å²) in [5.41, 5.74) is -0.963. The summed E-state index contributed by atoms with van der Waals surface area (Å²) in [6.45, 7) is 7.03. The van der Waals surface area contributed by atoms with E-state index in [1.165, 1.54) is 5.00 Å². The fourth-order valence-electron chi connectivity index (χ4n) is 2.95. The highest BCUT2D eigenvalue weighted by molar-refractivity contribution is 7.14.